The minimum atomic E-state index is -0.470. The average Bonchev–Trinajstić information content (AvgIpc) is 3.40. The Labute approximate surface area is 261 Å². The summed E-state index contributed by atoms with van der Waals surface area (Å²) < 4.78 is 0. The van der Waals surface area contributed by atoms with E-state index < -0.39 is 5.41 Å². The van der Waals surface area contributed by atoms with Gasteiger partial charge in [0.25, 0.3) is 0 Å². The van der Waals surface area contributed by atoms with E-state index in [-0.39, 0.29) is 5.92 Å². The molecule has 0 amide bonds. The number of rotatable bonds is 7. The van der Waals surface area contributed by atoms with Crippen molar-refractivity contribution in [3.63, 3.8) is 0 Å². The SMILES string of the molecule is C/C(=C\C(=C/C(C)c1ccc2c(c1)-c1ccccc1C2(c1ccccc1)c1ccccn1)c1ccccc1)C1=CCCC=C1. The summed E-state index contributed by atoms with van der Waals surface area (Å²) in [6, 6.07) is 43.9. The Kier molecular flexibility index (Phi) is 7.54. The number of allylic oxidation sites excluding steroid dienone is 8. The monoisotopic (exact) mass is 567 g/mol. The molecule has 7 rings (SSSR count). The summed E-state index contributed by atoms with van der Waals surface area (Å²) in [5.74, 6) is 0.212. The number of aromatic nitrogens is 1. The van der Waals surface area contributed by atoms with Gasteiger partial charge in [0.15, 0.2) is 0 Å². The van der Waals surface area contributed by atoms with Crippen LogP contribution in [0.5, 0.6) is 0 Å². The first-order valence-electron chi connectivity index (χ1n) is 15.7. The standard InChI is InChI=1S/C43H37N/c1-31(33-16-6-3-7-17-33)28-36(34-18-8-4-9-19-34)29-32(2)35-25-26-41-39(30-35)38-22-12-13-23-40(38)43(41,37-20-10-5-11-21-37)42-24-14-15-27-44-42/h4-6,8-30,32H,3,7H2,1-2H3/b31-28+,36-29+. The molecule has 0 saturated heterocycles. The molecule has 0 fully saturated rings. The van der Waals surface area contributed by atoms with E-state index in [0.717, 1.165) is 18.5 Å². The molecule has 0 radical (unpaired) electrons. The van der Waals surface area contributed by atoms with Crippen LogP contribution in [0.25, 0.3) is 16.7 Å². The van der Waals surface area contributed by atoms with Crippen LogP contribution in [0.4, 0.5) is 0 Å². The third-order valence-corrected chi connectivity index (χ3v) is 9.21. The van der Waals surface area contributed by atoms with Gasteiger partial charge in [-0.05, 0) is 93.5 Å². The molecule has 2 aliphatic carbocycles. The molecule has 1 nitrogen and oxygen atoms in total. The molecule has 44 heavy (non-hydrogen) atoms. The van der Waals surface area contributed by atoms with Crippen LogP contribution in [0.3, 0.4) is 0 Å². The predicted octanol–water partition coefficient (Wildman–Crippen LogP) is 10.9. The lowest BCUT2D eigenvalue weighted by Gasteiger charge is -2.32. The van der Waals surface area contributed by atoms with Gasteiger partial charge in [0.2, 0.25) is 0 Å². The van der Waals surface area contributed by atoms with Crippen molar-refractivity contribution in [1.82, 2.24) is 4.98 Å². The maximum absolute atomic E-state index is 4.98. The molecule has 0 bridgehead atoms. The third kappa shape index (κ3) is 4.89. The van der Waals surface area contributed by atoms with Gasteiger partial charge in [0.1, 0.15) is 0 Å². The maximum Gasteiger partial charge on any atom is 0.0885 e. The average molecular weight is 568 g/mol. The molecule has 0 N–H and O–H groups in total. The number of hydrogen-bond donors (Lipinski definition) is 0. The Morgan fingerprint density at radius 3 is 2.23 bits per heavy atom. The van der Waals surface area contributed by atoms with Gasteiger partial charge < -0.3 is 0 Å². The first-order chi connectivity index (χ1) is 21.7. The molecule has 1 heteroatoms. The van der Waals surface area contributed by atoms with E-state index in [1.807, 2.05) is 12.3 Å². The third-order valence-electron chi connectivity index (χ3n) is 9.21. The summed E-state index contributed by atoms with van der Waals surface area (Å²) in [6.45, 7) is 4.55. The molecule has 2 aliphatic rings. The molecule has 1 heterocycles. The fraction of sp³-hybridized carbons (Fsp3) is 0.140. The Bertz CT molecular complexity index is 1870. The van der Waals surface area contributed by atoms with Gasteiger partial charge in [-0.25, -0.2) is 0 Å². The zero-order valence-electron chi connectivity index (χ0n) is 25.4. The van der Waals surface area contributed by atoms with Crippen molar-refractivity contribution in [2.75, 3.05) is 0 Å². The highest BCUT2D eigenvalue weighted by Crippen LogP contribution is 2.55. The number of pyridine rings is 1. The summed E-state index contributed by atoms with van der Waals surface area (Å²) in [7, 11) is 0. The Morgan fingerprint density at radius 1 is 0.750 bits per heavy atom. The normalized spacial score (nSPS) is 18.4. The molecule has 2 unspecified atom stereocenters. The van der Waals surface area contributed by atoms with E-state index in [1.54, 1.807) is 0 Å². The van der Waals surface area contributed by atoms with Crippen LogP contribution < -0.4 is 0 Å². The highest BCUT2D eigenvalue weighted by Gasteiger charge is 2.47. The molecule has 214 valence electrons. The topological polar surface area (TPSA) is 12.9 Å². The first kappa shape index (κ1) is 27.8. The van der Waals surface area contributed by atoms with Crippen molar-refractivity contribution < 1.29 is 0 Å². The second kappa shape index (κ2) is 11.9. The van der Waals surface area contributed by atoms with Crippen LogP contribution in [-0.4, -0.2) is 4.98 Å². The summed E-state index contributed by atoms with van der Waals surface area (Å²) in [6.07, 6.45) is 15.8. The first-order valence-corrected chi connectivity index (χ1v) is 15.7. The molecule has 4 aromatic carbocycles. The van der Waals surface area contributed by atoms with E-state index in [1.165, 1.54) is 55.7 Å². The fourth-order valence-electron chi connectivity index (χ4n) is 7.04. The molecular formula is C43H37N. The Morgan fingerprint density at radius 2 is 1.48 bits per heavy atom. The lowest BCUT2D eigenvalue weighted by molar-refractivity contribution is 0.734. The zero-order valence-corrected chi connectivity index (χ0v) is 25.4. The van der Waals surface area contributed by atoms with Crippen LogP contribution in [0, 0.1) is 0 Å². The van der Waals surface area contributed by atoms with Gasteiger partial charge in [0.05, 0.1) is 11.1 Å². The lowest BCUT2D eigenvalue weighted by atomic mass is 9.69. The minimum absolute atomic E-state index is 0.212. The van der Waals surface area contributed by atoms with Crippen molar-refractivity contribution in [3.8, 4) is 11.1 Å². The Balaban J connectivity index is 1.37. The van der Waals surface area contributed by atoms with Crippen molar-refractivity contribution in [1.29, 1.82) is 0 Å². The van der Waals surface area contributed by atoms with Crippen molar-refractivity contribution in [2.45, 2.75) is 38.0 Å². The van der Waals surface area contributed by atoms with E-state index in [0.29, 0.717) is 0 Å². The zero-order chi connectivity index (χ0) is 29.9. The van der Waals surface area contributed by atoms with Crippen molar-refractivity contribution in [2.24, 2.45) is 0 Å². The van der Waals surface area contributed by atoms with Crippen LogP contribution in [-0.2, 0) is 5.41 Å². The van der Waals surface area contributed by atoms with Gasteiger partial charge in [-0.15, -0.1) is 0 Å². The van der Waals surface area contributed by atoms with E-state index in [4.69, 9.17) is 4.98 Å². The maximum atomic E-state index is 4.98. The van der Waals surface area contributed by atoms with Crippen LogP contribution in [0.1, 0.15) is 66.1 Å². The lowest BCUT2D eigenvalue weighted by Crippen LogP contribution is -2.29. The van der Waals surface area contributed by atoms with Gasteiger partial charge in [-0.3, -0.25) is 4.98 Å². The summed E-state index contributed by atoms with van der Waals surface area (Å²) in [5.41, 5.74) is 13.4. The molecule has 0 saturated carbocycles. The van der Waals surface area contributed by atoms with E-state index in [2.05, 4.69) is 159 Å². The summed E-state index contributed by atoms with van der Waals surface area (Å²) in [4.78, 5) is 4.98. The second-order valence-corrected chi connectivity index (χ2v) is 11.9. The molecule has 5 aromatic rings. The van der Waals surface area contributed by atoms with Gasteiger partial charge in [-0.1, -0.05) is 146 Å². The van der Waals surface area contributed by atoms with Gasteiger partial charge in [0, 0.05) is 6.20 Å². The minimum Gasteiger partial charge on any atom is -0.260 e. The van der Waals surface area contributed by atoms with Crippen LogP contribution >= 0.6 is 0 Å². The van der Waals surface area contributed by atoms with Crippen LogP contribution in [0.15, 0.2) is 169 Å². The smallest absolute Gasteiger partial charge is 0.0885 e. The van der Waals surface area contributed by atoms with Crippen molar-refractivity contribution >= 4 is 5.57 Å². The van der Waals surface area contributed by atoms with Gasteiger partial charge >= 0.3 is 0 Å². The molecule has 2 atom stereocenters. The largest absolute Gasteiger partial charge is 0.260 e. The summed E-state index contributed by atoms with van der Waals surface area (Å²) in [5, 5.41) is 0. The second-order valence-electron chi connectivity index (χ2n) is 11.9. The highest BCUT2D eigenvalue weighted by molar-refractivity contribution is 5.86. The number of fused-ring (bicyclic) bond motifs is 3. The highest BCUT2D eigenvalue weighted by atomic mass is 14.7. The Hall–Kier alpha value is -5.01. The molecular weight excluding hydrogens is 530 g/mol. The summed E-state index contributed by atoms with van der Waals surface area (Å²) >= 11 is 0. The number of nitrogens with zero attached hydrogens (tertiary/aromatic N) is 1. The quantitative estimate of drug-likeness (QED) is 0.175. The van der Waals surface area contributed by atoms with Gasteiger partial charge in [-0.2, -0.15) is 0 Å². The predicted molar refractivity (Wildman–Crippen MR) is 185 cm³/mol. The fourth-order valence-corrected chi connectivity index (χ4v) is 7.04. The molecule has 1 aromatic heterocycles. The molecule has 0 spiro atoms. The number of benzene rings is 4. The van der Waals surface area contributed by atoms with E-state index >= 15 is 0 Å². The molecule has 0 aliphatic heterocycles. The number of hydrogen-bond acceptors (Lipinski definition) is 1. The van der Waals surface area contributed by atoms with E-state index in [9.17, 15) is 0 Å². The van der Waals surface area contributed by atoms with Crippen LogP contribution in [0.2, 0.25) is 0 Å². The van der Waals surface area contributed by atoms with Crippen molar-refractivity contribution in [3.05, 3.63) is 203 Å².